The fourth-order valence-electron chi connectivity index (χ4n) is 6.71. The Kier molecular flexibility index (Phi) is 3.79. The highest BCUT2D eigenvalue weighted by molar-refractivity contribution is 6.14. The molecular formula is C26H29N4+. The van der Waals surface area contributed by atoms with E-state index in [1.54, 1.807) is 5.57 Å². The third-order valence-corrected chi connectivity index (χ3v) is 8.07. The Hall–Kier alpha value is -2.85. The molecule has 4 nitrogen and oxygen atoms in total. The Balaban J connectivity index is 1.46. The van der Waals surface area contributed by atoms with Gasteiger partial charge in [0.15, 0.2) is 0 Å². The van der Waals surface area contributed by atoms with E-state index in [1.165, 1.54) is 41.9 Å². The monoisotopic (exact) mass is 397 g/mol. The van der Waals surface area contributed by atoms with E-state index in [-0.39, 0.29) is 5.41 Å². The first-order valence-corrected chi connectivity index (χ1v) is 11.1. The van der Waals surface area contributed by atoms with Crippen molar-refractivity contribution in [2.75, 3.05) is 25.6 Å². The average Bonchev–Trinajstić information content (AvgIpc) is 3.29. The second-order valence-corrected chi connectivity index (χ2v) is 9.46. The highest BCUT2D eigenvalue weighted by atomic mass is 15.4. The molecule has 2 N–H and O–H groups in total. The van der Waals surface area contributed by atoms with E-state index in [0.717, 1.165) is 16.7 Å². The summed E-state index contributed by atoms with van der Waals surface area (Å²) in [6.45, 7) is 4.59. The lowest BCUT2D eigenvalue weighted by Gasteiger charge is -2.52. The number of nitrogens with one attached hydrogen (secondary N) is 2. The molecule has 2 aromatic rings. The Bertz CT molecular complexity index is 1100. The zero-order valence-electron chi connectivity index (χ0n) is 17.7. The van der Waals surface area contributed by atoms with Crippen LogP contribution in [0.2, 0.25) is 0 Å². The zero-order valence-corrected chi connectivity index (χ0v) is 17.7. The number of benzene rings is 2. The van der Waals surface area contributed by atoms with Crippen molar-refractivity contribution in [2.45, 2.75) is 31.2 Å². The number of fused-ring (bicyclic) bond motifs is 2. The predicted molar refractivity (Wildman–Crippen MR) is 123 cm³/mol. The van der Waals surface area contributed by atoms with Crippen LogP contribution in [-0.2, 0) is 5.41 Å². The van der Waals surface area contributed by atoms with Gasteiger partial charge in [0.05, 0.1) is 36.1 Å². The highest BCUT2D eigenvalue weighted by Crippen LogP contribution is 2.61. The fourth-order valence-corrected chi connectivity index (χ4v) is 6.71. The summed E-state index contributed by atoms with van der Waals surface area (Å²) >= 11 is 0. The van der Waals surface area contributed by atoms with Crippen molar-refractivity contribution in [3.63, 3.8) is 0 Å². The standard InChI is InChI=1S/C26H29N4/c1-3-18-17-30(2)14-13-26-22-11-7-8-12-23(22)28-25(26)21(20(18)15-24(26)30)16-27-29-19-9-5-4-6-10-19/h3-12,16,20,24,27,29H,13-15,17H2,1-2H3/q+1/b18-3-,21-16?/t20-,24-,26?,30?/m0/s1. The van der Waals surface area contributed by atoms with Crippen molar-refractivity contribution < 1.29 is 4.48 Å². The van der Waals surface area contributed by atoms with Crippen LogP contribution in [0.25, 0.3) is 0 Å². The van der Waals surface area contributed by atoms with Gasteiger partial charge in [0.1, 0.15) is 12.6 Å². The number of anilines is 1. The second-order valence-electron chi connectivity index (χ2n) is 9.46. The Morgan fingerprint density at radius 2 is 1.90 bits per heavy atom. The summed E-state index contributed by atoms with van der Waals surface area (Å²) in [4.78, 5) is 5.28. The van der Waals surface area contributed by atoms with Gasteiger partial charge in [0.25, 0.3) is 0 Å². The molecule has 1 spiro atoms. The van der Waals surface area contributed by atoms with E-state index >= 15 is 0 Å². The van der Waals surface area contributed by atoms with Crippen molar-refractivity contribution in [1.82, 2.24) is 5.43 Å². The fraction of sp³-hybridized carbons (Fsp3) is 0.346. The smallest absolute Gasteiger partial charge is 0.106 e. The van der Waals surface area contributed by atoms with E-state index in [4.69, 9.17) is 4.99 Å². The normalized spacial score (nSPS) is 35.7. The van der Waals surface area contributed by atoms with Crippen LogP contribution in [-0.4, -0.2) is 36.4 Å². The van der Waals surface area contributed by atoms with Gasteiger partial charge in [-0.1, -0.05) is 42.5 Å². The number of hydrazine groups is 1. The molecule has 2 unspecified atom stereocenters. The minimum absolute atomic E-state index is 0.0708. The number of para-hydroxylation sites is 2. The molecule has 6 rings (SSSR count). The Morgan fingerprint density at radius 1 is 1.10 bits per heavy atom. The largest absolute Gasteiger partial charge is 0.319 e. The number of likely N-dealkylation sites (N-methyl/N-ethyl adjacent to an activating group) is 1. The summed E-state index contributed by atoms with van der Waals surface area (Å²) in [6, 6.07) is 19.8. The van der Waals surface area contributed by atoms with E-state index < -0.39 is 0 Å². The lowest BCUT2D eigenvalue weighted by Crippen LogP contribution is -2.63. The number of piperidine rings is 1. The summed E-state index contributed by atoms with van der Waals surface area (Å²) in [5, 5.41) is 0. The van der Waals surface area contributed by atoms with Crippen LogP contribution >= 0.6 is 0 Å². The van der Waals surface area contributed by atoms with Crippen LogP contribution in [0.1, 0.15) is 25.3 Å². The van der Waals surface area contributed by atoms with Crippen LogP contribution in [0.4, 0.5) is 11.4 Å². The number of aliphatic imine (C=N–C) groups is 1. The number of allylic oxidation sites excluding steroid dienone is 2. The van der Waals surface area contributed by atoms with E-state index in [0.29, 0.717) is 12.0 Å². The van der Waals surface area contributed by atoms with Crippen LogP contribution in [0, 0.1) is 5.92 Å². The average molecular weight is 398 g/mol. The molecular weight excluding hydrogens is 368 g/mol. The summed E-state index contributed by atoms with van der Waals surface area (Å²) in [6.07, 6.45) is 6.95. The number of hydrogen-bond donors (Lipinski definition) is 2. The van der Waals surface area contributed by atoms with Crippen LogP contribution < -0.4 is 10.9 Å². The van der Waals surface area contributed by atoms with Gasteiger partial charge in [-0.2, -0.15) is 0 Å². The highest BCUT2D eigenvalue weighted by Gasteiger charge is 2.68. The Morgan fingerprint density at radius 3 is 2.73 bits per heavy atom. The van der Waals surface area contributed by atoms with E-state index in [1.807, 2.05) is 18.2 Å². The third kappa shape index (κ3) is 2.28. The molecule has 2 saturated heterocycles. The number of nitrogens with zero attached hydrogens (tertiary/aromatic N) is 2. The SMILES string of the molecule is C/C=C1/C[N+]2(C)CCC34C(=Nc5ccccc53)C(=CNNc3ccccc3)[C@H]1C[C@@H]42. The number of rotatable bonds is 3. The maximum absolute atomic E-state index is 5.28. The minimum Gasteiger partial charge on any atom is -0.319 e. The first-order valence-electron chi connectivity index (χ1n) is 11.1. The molecule has 3 aliphatic heterocycles. The number of hydrogen-bond acceptors (Lipinski definition) is 3. The molecule has 3 heterocycles. The lowest BCUT2D eigenvalue weighted by molar-refractivity contribution is -0.923. The molecule has 3 fully saturated rings. The van der Waals surface area contributed by atoms with Gasteiger partial charge in [0.2, 0.25) is 0 Å². The zero-order chi connectivity index (χ0) is 20.3. The molecule has 0 aromatic heterocycles. The predicted octanol–water partition coefficient (Wildman–Crippen LogP) is 4.71. The van der Waals surface area contributed by atoms with Crippen molar-refractivity contribution in [1.29, 1.82) is 0 Å². The molecule has 2 aromatic carbocycles. The van der Waals surface area contributed by atoms with Crippen LogP contribution in [0.5, 0.6) is 0 Å². The van der Waals surface area contributed by atoms with Gasteiger partial charge < -0.3 is 15.3 Å². The summed E-state index contributed by atoms with van der Waals surface area (Å²) in [7, 11) is 2.47. The molecule has 0 amide bonds. The van der Waals surface area contributed by atoms with Gasteiger partial charge in [-0.05, 0) is 41.8 Å². The second kappa shape index (κ2) is 6.32. The van der Waals surface area contributed by atoms with Gasteiger partial charge in [-0.25, -0.2) is 0 Å². The quantitative estimate of drug-likeness (QED) is 0.447. The van der Waals surface area contributed by atoms with Crippen molar-refractivity contribution in [3.8, 4) is 0 Å². The summed E-state index contributed by atoms with van der Waals surface area (Å²) in [5.41, 5.74) is 14.8. The number of quaternary nitrogens is 1. The first-order chi connectivity index (χ1) is 14.7. The molecule has 4 atom stereocenters. The molecule has 152 valence electrons. The van der Waals surface area contributed by atoms with Crippen LogP contribution in [0.15, 0.2) is 83.0 Å². The molecule has 4 heteroatoms. The Labute approximate surface area is 178 Å². The van der Waals surface area contributed by atoms with E-state index in [2.05, 4.69) is 73.5 Å². The molecule has 0 radical (unpaired) electrons. The van der Waals surface area contributed by atoms with Gasteiger partial charge in [0, 0.05) is 25.0 Å². The third-order valence-electron chi connectivity index (χ3n) is 8.07. The maximum Gasteiger partial charge on any atom is 0.106 e. The van der Waals surface area contributed by atoms with Gasteiger partial charge >= 0.3 is 0 Å². The topological polar surface area (TPSA) is 36.4 Å². The molecule has 1 aliphatic carbocycles. The van der Waals surface area contributed by atoms with Crippen LogP contribution in [0.3, 0.4) is 0 Å². The first kappa shape index (κ1) is 18.0. The van der Waals surface area contributed by atoms with Crippen molar-refractivity contribution in [3.05, 3.63) is 83.6 Å². The molecule has 2 bridgehead atoms. The molecule has 4 aliphatic rings. The van der Waals surface area contributed by atoms with Crippen molar-refractivity contribution in [2.24, 2.45) is 10.9 Å². The lowest BCUT2D eigenvalue weighted by atomic mass is 9.58. The molecule has 1 saturated carbocycles. The maximum atomic E-state index is 5.28. The summed E-state index contributed by atoms with van der Waals surface area (Å²) in [5.74, 6) is 0.454. The molecule has 30 heavy (non-hydrogen) atoms. The van der Waals surface area contributed by atoms with Gasteiger partial charge in [-0.3, -0.25) is 4.99 Å². The van der Waals surface area contributed by atoms with Crippen molar-refractivity contribution >= 4 is 17.1 Å². The van der Waals surface area contributed by atoms with Gasteiger partial charge in [-0.15, -0.1) is 0 Å². The minimum atomic E-state index is 0.0708. The van der Waals surface area contributed by atoms with E-state index in [9.17, 15) is 0 Å². The summed E-state index contributed by atoms with van der Waals surface area (Å²) < 4.78 is 1.16.